The van der Waals surface area contributed by atoms with Gasteiger partial charge in [-0.2, -0.15) is 0 Å². The van der Waals surface area contributed by atoms with Gasteiger partial charge in [0.1, 0.15) is 5.82 Å². The Kier molecular flexibility index (Phi) is 4.63. The lowest BCUT2D eigenvalue weighted by molar-refractivity contribution is -0.0992. The fourth-order valence-corrected chi connectivity index (χ4v) is 4.23. The highest BCUT2D eigenvalue weighted by molar-refractivity contribution is 5.50. The largest absolute Gasteiger partial charge is 0.493 e. The van der Waals surface area contributed by atoms with Crippen LogP contribution in [-0.4, -0.2) is 48.8 Å². The second-order valence-electron chi connectivity index (χ2n) is 7.25. The van der Waals surface area contributed by atoms with Crippen LogP contribution >= 0.6 is 0 Å². The molecule has 0 amide bonds. The zero-order valence-electron chi connectivity index (χ0n) is 15.8. The molecule has 4 rings (SSSR count). The normalized spacial score (nSPS) is 19.3. The van der Waals surface area contributed by atoms with Crippen LogP contribution in [0.3, 0.4) is 0 Å². The summed E-state index contributed by atoms with van der Waals surface area (Å²) < 4.78 is 17.4. The molecule has 6 heteroatoms. The van der Waals surface area contributed by atoms with Crippen molar-refractivity contribution >= 4 is 0 Å². The number of likely N-dealkylation sites (tertiary alicyclic amines) is 1. The molecule has 2 aromatic rings. The van der Waals surface area contributed by atoms with Crippen LogP contribution in [0.1, 0.15) is 35.5 Å². The van der Waals surface area contributed by atoms with Crippen molar-refractivity contribution in [3.8, 4) is 11.5 Å². The van der Waals surface area contributed by atoms with Crippen molar-refractivity contribution < 1.29 is 14.2 Å². The van der Waals surface area contributed by atoms with Crippen LogP contribution in [0.2, 0.25) is 0 Å². The monoisotopic (exact) mass is 357 g/mol. The number of rotatable bonds is 4. The number of methoxy groups -OCH3 is 2. The number of piperidine rings is 1. The Morgan fingerprint density at radius 3 is 2.58 bits per heavy atom. The van der Waals surface area contributed by atoms with Crippen LogP contribution in [0.4, 0.5) is 0 Å². The summed E-state index contributed by atoms with van der Waals surface area (Å²) in [6.45, 7) is 5.65. The van der Waals surface area contributed by atoms with Gasteiger partial charge in [0.25, 0.3) is 0 Å². The van der Waals surface area contributed by atoms with E-state index in [-0.39, 0.29) is 5.60 Å². The van der Waals surface area contributed by atoms with Crippen molar-refractivity contribution in [3.63, 3.8) is 0 Å². The quantitative estimate of drug-likeness (QED) is 0.912. The number of aromatic amines is 1. The topological polar surface area (TPSA) is 59.6 Å². The second kappa shape index (κ2) is 6.93. The Hall–Kier alpha value is -2.05. The minimum absolute atomic E-state index is 0.206. The zero-order valence-corrected chi connectivity index (χ0v) is 15.8. The molecule has 1 spiro atoms. The summed E-state index contributed by atoms with van der Waals surface area (Å²) >= 11 is 0. The van der Waals surface area contributed by atoms with Gasteiger partial charge in [-0.3, -0.25) is 4.90 Å². The average Bonchev–Trinajstić information content (AvgIpc) is 3.07. The summed E-state index contributed by atoms with van der Waals surface area (Å²) in [5.41, 5.74) is 3.50. The number of ether oxygens (including phenoxy) is 3. The summed E-state index contributed by atoms with van der Waals surface area (Å²) in [5.74, 6) is 2.62. The Morgan fingerprint density at radius 1 is 1.19 bits per heavy atom. The third kappa shape index (κ3) is 3.08. The fourth-order valence-electron chi connectivity index (χ4n) is 4.23. The number of imidazole rings is 1. The Bertz CT molecular complexity index is 779. The number of aryl methyl sites for hydroxylation is 1. The van der Waals surface area contributed by atoms with Crippen molar-refractivity contribution in [2.24, 2.45) is 0 Å². The minimum Gasteiger partial charge on any atom is -0.493 e. The maximum absolute atomic E-state index is 6.36. The molecule has 0 atom stereocenters. The second-order valence-corrected chi connectivity index (χ2v) is 7.25. The van der Waals surface area contributed by atoms with Gasteiger partial charge >= 0.3 is 0 Å². The highest BCUT2D eigenvalue weighted by Gasteiger charge is 2.41. The van der Waals surface area contributed by atoms with Crippen LogP contribution in [0, 0.1) is 6.92 Å². The number of nitrogens with zero attached hydrogens (tertiary/aromatic N) is 2. The van der Waals surface area contributed by atoms with Gasteiger partial charge in [-0.15, -0.1) is 0 Å². The lowest BCUT2D eigenvalue weighted by Crippen LogP contribution is -2.46. The molecule has 2 aliphatic rings. The molecule has 1 aromatic carbocycles. The lowest BCUT2D eigenvalue weighted by atomic mass is 9.79. The van der Waals surface area contributed by atoms with E-state index in [0.717, 1.165) is 68.5 Å². The van der Waals surface area contributed by atoms with Gasteiger partial charge in [-0.25, -0.2) is 4.98 Å². The van der Waals surface area contributed by atoms with E-state index in [9.17, 15) is 0 Å². The predicted octanol–water partition coefficient (Wildman–Crippen LogP) is 2.80. The third-order valence-corrected chi connectivity index (χ3v) is 5.64. The van der Waals surface area contributed by atoms with E-state index in [1.54, 1.807) is 14.2 Å². The molecule has 0 saturated carbocycles. The van der Waals surface area contributed by atoms with E-state index < -0.39 is 0 Å². The van der Waals surface area contributed by atoms with Gasteiger partial charge in [0.15, 0.2) is 11.5 Å². The first kappa shape index (κ1) is 17.4. The SMILES string of the molecule is COc1cc2c(cc1OC)C1(CCN(Cc3ncc(C)[nH]3)CC1)OCC2. The van der Waals surface area contributed by atoms with E-state index in [4.69, 9.17) is 14.2 Å². The van der Waals surface area contributed by atoms with Crippen molar-refractivity contribution in [2.75, 3.05) is 33.9 Å². The van der Waals surface area contributed by atoms with E-state index >= 15 is 0 Å². The van der Waals surface area contributed by atoms with Crippen molar-refractivity contribution in [1.29, 1.82) is 0 Å². The van der Waals surface area contributed by atoms with Gasteiger partial charge in [0, 0.05) is 25.0 Å². The third-order valence-electron chi connectivity index (χ3n) is 5.64. The molecule has 1 N–H and O–H groups in total. The van der Waals surface area contributed by atoms with Gasteiger partial charge in [-0.1, -0.05) is 0 Å². The van der Waals surface area contributed by atoms with Crippen molar-refractivity contribution in [2.45, 2.75) is 38.3 Å². The van der Waals surface area contributed by atoms with Gasteiger partial charge in [0.05, 0.1) is 33.0 Å². The first-order valence-corrected chi connectivity index (χ1v) is 9.26. The van der Waals surface area contributed by atoms with Crippen LogP contribution < -0.4 is 9.47 Å². The highest BCUT2D eigenvalue weighted by atomic mass is 16.5. The van der Waals surface area contributed by atoms with Gasteiger partial charge < -0.3 is 19.2 Å². The van der Waals surface area contributed by atoms with Crippen LogP contribution in [0.5, 0.6) is 11.5 Å². The van der Waals surface area contributed by atoms with Crippen LogP contribution in [-0.2, 0) is 23.3 Å². The number of nitrogens with one attached hydrogen (secondary N) is 1. The van der Waals surface area contributed by atoms with Gasteiger partial charge in [-0.05, 0) is 49.4 Å². The van der Waals surface area contributed by atoms with E-state index in [2.05, 4.69) is 27.0 Å². The molecule has 0 radical (unpaired) electrons. The Labute approximate surface area is 154 Å². The van der Waals surface area contributed by atoms with E-state index in [1.165, 1.54) is 11.1 Å². The standard InChI is InChI=1S/C20H27N3O3/c1-14-12-21-19(22-14)13-23-7-5-20(6-8-23)16-11-18(25-3)17(24-2)10-15(16)4-9-26-20/h10-12H,4-9,13H2,1-3H3,(H,21,22). The maximum atomic E-state index is 6.36. The summed E-state index contributed by atoms with van der Waals surface area (Å²) in [5, 5.41) is 0. The number of aromatic nitrogens is 2. The average molecular weight is 357 g/mol. The molecule has 6 nitrogen and oxygen atoms in total. The molecule has 0 aliphatic carbocycles. The fraction of sp³-hybridized carbons (Fsp3) is 0.550. The number of H-pyrrole nitrogens is 1. The predicted molar refractivity (Wildman–Crippen MR) is 98.7 cm³/mol. The summed E-state index contributed by atoms with van der Waals surface area (Å²) in [7, 11) is 3.38. The van der Waals surface area contributed by atoms with Crippen molar-refractivity contribution in [3.05, 3.63) is 41.0 Å². The summed E-state index contributed by atoms with van der Waals surface area (Å²) in [6, 6.07) is 4.25. The number of hydrogen-bond acceptors (Lipinski definition) is 5. The highest BCUT2D eigenvalue weighted by Crippen LogP contribution is 2.45. The molecule has 1 saturated heterocycles. The van der Waals surface area contributed by atoms with E-state index in [0.29, 0.717) is 0 Å². The molecule has 1 fully saturated rings. The maximum Gasteiger partial charge on any atom is 0.161 e. The minimum atomic E-state index is -0.206. The van der Waals surface area contributed by atoms with Crippen LogP contribution in [0.25, 0.3) is 0 Å². The van der Waals surface area contributed by atoms with Crippen LogP contribution in [0.15, 0.2) is 18.3 Å². The zero-order chi connectivity index (χ0) is 18.1. The molecular weight excluding hydrogens is 330 g/mol. The molecule has 0 unspecified atom stereocenters. The van der Waals surface area contributed by atoms with E-state index in [1.807, 2.05) is 13.1 Å². The molecule has 2 aliphatic heterocycles. The summed E-state index contributed by atoms with van der Waals surface area (Å²) in [6.07, 6.45) is 4.78. The van der Waals surface area contributed by atoms with Crippen molar-refractivity contribution in [1.82, 2.24) is 14.9 Å². The first-order valence-electron chi connectivity index (χ1n) is 9.26. The first-order chi connectivity index (χ1) is 12.6. The molecule has 26 heavy (non-hydrogen) atoms. The number of fused-ring (bicyclic) bond motifs is 2. The number of benzene rings is 1. The summed E-state index contributed by atoms with van der Waals surface area (Å²) in [4.78, 5) is 10.2. The molecule has 1 aromatic heterocycles. The molecule has 0 bridgehead atoms. The molecule has 140 valence electrons. The molecular formula is C20H27N3O3. The Balaban J connectivity index is 1.54. The smallest absolute Gasteiger partial charge is 0.161 e. The Morgan fingerprint density at radius 2 is 1.92 bits per heavy atom. The number of hydrogen-bond donors (Lipinski definition) is 1. The lowest BCUT2D eigenvalue weighted by Gasteiger charge is -2.45. The molecule has 3 heterocycles. The van der Waals surface area contributed by atoms with Gasteiger partial charge in [0.2, 0.25) is 0 Å².